The molecule has 0 bridgehead atoms. The zero-order valence-corrected chi connectivity index (χ0v) is 11.2. The van der Waals surface area contributed by atoms with Crippen LogP contribution in [0.25, 0.3) is 0 Å². The number of anilines is 2. The first-order valence-electron chi connectivity index (χ1n) is 6.20. The van der Waals surface area contributed by atoms with Crippen molar-refractivity contribution in [3.63, 3.8) is 0 Å². The maximum absolute atomic E-state index is 13.1. The van der Waals surface area contributed by atoms with Crippen molar-refractivity contribution in [3.8, 4) is 0 Å². The van der Waals surface area contributed by atoms with Gasteiger partial charge in [-0.25, -0.2) is 9.29 Å². The molecule has 1 aromatic rings. The molecule has 2 rings (SSSR count). The van der Waals surface area contributed by atoms with Crippen molar-refractivity contribution in [2.24, 2.45) is 11.3 Å². The van der Waals surface area contributed by atoms with E-state index in [0.717, 1.165) is 11.0 Å². The molecule has 1 aliphatic heterocycles. The molecule has 2 amide bonds. The number of imide groups is 1. The summed E-state index contributed by atoms with van der Waals surface area (Å²) in [5.41, 5.74) is 5.03. The van der Waals surface area contributed by atoms with Crippen molar-refractivity contribution in [1.82, 2.24) is 0 Å². The van der Waals surface area contributed by atoms with E-state index in [1.165, 1.54) is 12.1 Å². The van der Waals surface area contributed by atoms with Crippen molar-refractivity contribution in [1.29, 1.82) is 0 Å². The maximum Gasteiger partial charge on any atom is 0.240 e. The molecule has 1 unspecified atom stereocenters. The molecule has 1 aromatic carbocycles. The van der Waals surface area contributed by atoms with Crippen LogP contribution in [0.2, 0.25) is 0 Å². The summed E-state index contributed by atoms with van der Waals surface area (Å²) in [5, 5.41) is 0. The minimum atomic E-state index is -0.708. The molecule has 1 heterocycles. The highest BCUT2D eigenvalue weighted by atomic mass is 19.1. The molecule has 0 aliphatic carbocycles. The second-order valence-electron chi connectivity index (χ2n) is 5.49. The van der Waals surface area contributed by atoms with E-state index < -0.39 is 11.2 Å². The van der Waals surface area contributed by atoms with E-state index in [1.807, 2.05) is 13.8 Å². The SMILES string of the molecule is CC(C)C1(C)CC(=O)N(c2ccc(F)c(N)c2)C1=O. The predicted molar refractivity (Wildman–Crippen MR) is 70.9 cm³/mol. The fraction of sp³-hybridized carbons (Fsp3) is 0.429. The third-order valence-electron chi connectivity index (χ3n) is 3.97. The van der Waals surface area contributed by atoms with Crippen molar-refractivity contribution in [2.45, 2.75) is 27.2 Å². The molecule has 0 radical (unpaired) electrons. The summed E-state index contributed by atoms with van der Waals surface area (Å²) in [6.07, 6.45) is 0.167. The molecule has 0 aromatic heterocycles. The van der Waals surface area contributed by atoms with Gasteiger partial charge in [-0.2, -0.15) is 0 Å². The zero-order valence-electron chi connectivity index (χ0n) is 11.2. The second-order valence-corrected chi connectivity index (χ2v) is 5.49. The number of nitrogen functional groups attached to an aromatic ring is 1. The smallest absolute Gasteiger partial charge is 0.240 e. The number of halogens is 1. The maximum atomic E-state index is 13.1. The number of amides is 2. The van der Waals surface area contributed by atoms with Crippen LogP contribution < -0.4 is 10.6 Å². The summed E-state index contributed by atoms with van der Waals surface area (Å²) in [4.78, 5) is 25.6. The molecule has 0 saturated carbocycles. The molecular formula is C14H17FN2O2. The summed E-state index contributed by atoms with van der Waals surface area (Å²) >= 11 is 0. The van der Waals surface area contributed by atoms with Crippen molar-refractivity contribution >= 4 is 23.2 Å². The fourth-order valence-corrected chi connectivity index (χ4v) is 2.22. The highest BCUT2D eigenvalue weighted by molar-refractivity contribution is 6.22. The van der Waals surface area contributed by atoms with Crippen molar-refractivity contribution in [2.75, 3.05) is 10.6 Å². The molecule has 1 aliphatic rings. The average molecular weight is 264 g/mol. The Labute approximate surface area is 111 Å². The summed E-state index contributed by atoms with van der Waals surface area (Å²) in [6, 6.07) is 3.88. The van der Waals surface area contributed by atoms with E-state index in [-0.39, 0.29) is 29.8 Å². The number of nitrogens with two attached hydrogens (primary N) is 1. The van der Waals surface area contributed by atoms with Crippen molar-refractivity contribution < 1.29 is 14.0 Å². The van der Waals surface area contributed by atoms with Gasteiger partial charge in [-0.15, -0.1) is 0 Å². The van der Waals surface area contributed by atoms with Crippen molar-refractivity contribution in [3.05, 3.63) is 24.0 Å². The number of hydrogen-bond acceptors (Lipinski definition) is 3. The number of carbonyl (C=O) groups is 2. The van der Waals surface area contributed by atoms with Gasteiger partial charge in [0, 0.05) is 6.42 Å². The Bertz CT molecular complexity index is 556. The second kappa shape index (κ2) is 4.33. The highest BCUT2D eigenvalue weighted by Gasteiger charge is 2.50. The molecule has 1 saturated heterocycles. The van der Waals surface area contributed by atoms with E-state index in [2.05, 4.69) is 0 Å². The molecule has 19 heavy (non-hydrogen) atoms. The largest absolute Gasteiger partial charge is 0.396 e. The Balaban J connectivity index is 2.43. The van der Waals surface area contributed by atoms with Gasteiger partial charge in [0.25, 0.3) is 0 Å². The normalized spacial score (nSPS) is 23.5. The Morgan fingerprint density at radius 2 is 2.00 bits per heavy atom. The van der Waals surface area contributed by atoms with Gasteiger partial charge in [0.1, 0.15) is 5.82 Å². The van der Waals surface area contributed by atoms with Gasteiger partial charge in [0.05, 0.1) is 16.8 Å². The van der Waals surface area contributed by atoms with Crippen LogP contribution in [0.3, 0.4) is 0 Å². The molecule has 1 atom stereocenters. The Morgan fingerprint density at radius 1 is 1.37 bits per heavy atom. The summed E-state index contributed by atoms with van der Waals surface area (Å²) in [7, 11) is 0. The number of rotatable bonds is 2. The van der Waals surface area contributed by atoms with Gasteiger partial charge >= 0.3 is 0 Å². The highest BCUT2D eigenvalue weighted by Crippen LogP contribution is 2.41. The predicted octanol–water partition coefficient (Wildman–Crippen LogP) is 2.33. The minimum Gasteiger partial charge on any atom is -0.396 e. The average Bonchev–Trinajstić information content (AvgIpc) is 2.55. The number of hydrogen-bond donors (Lipinski definition) is 1. The molecule has 4 nitrogen and oxygen atoms in total. The standard InChI is InChI=1S/C14H17FN2O2/c1-8(2)14(3)7-12(18)17(13(14)19)9-4-5-10(15)11(16)6-9/h4-6,8H,7,16H2,1-3H3. The van der Waals surface area contributed by atoms with Crippen LogP contribution in [-0.2, 0) is 9.59 Å². The van der Waals surface area contributed by atoms with Gasteiger partial charge < -0.3 is 5.73 Å². The first kappa shape index (κ1) is 13.5. The van der Waals surface area contributed by atoms with E-state index in [4.69, 9.17) is 5.73 Å². The topological polar surface area (TPSA) is 63.4 Å². The summed E-state index contributed by atoms with van der Waals surface area (Å²) in [6.45, 7) is 5.60. The van der Waals surface area contributed by atoms with Crippen LogP contribution in [0.15, 0.2) is 18.2 Å². The van der Waals surface area contributed by atoms with Gasteiger partial charge in [-0.1, -0.05) is 13.8 Å². The van der Waals surface area contributed by atoms with Crippen LogP contribution in [0.4, 0.5) is 15.8 Å². The Kier molecular flexibility index (Phi) is 3.08. The lowest BCUT2D eigenvalue weighted by atomic mass is 9.78. The lowest BCUT2D eigenvalue weighted by Gasteiger charge is -2.26. The Morgan fingerprint density at radius 3 is 2.47 bits per heavy atom. The molecule has 2 N–H and O–H groups in total. The monoisotopic (exact) mass is 264 g/mol. The molecule has 1 fully saturated rings. The van der Waals surface area contributed by atoms with E-state index >= 15 is 0 Å². The molecular weight excluding hydrogens is 247 g/mol. The van der Waals surface area contributed by atoms with Crippen LogP contribution in [0.5, 0.6) is 0 Å². The quantitative estimate of drug-likeness (QED) is 0.658. The minimum absolute atomic E-state index is 0.0479. The number of carbonyl (C=O) groups excluding carboxylic acids is 2. The van der Waals surface area contributed by atoms with Gasteiger partial charge in [0.15, 0.2) is 0 Å². The van der Waals surface area contributed by atoms with E-state index in [1.54, 1.807) is 6.92 Å². The van der Waals surface area contributed by atoms with E-state index in [0.29, 0.717) is 5.69 Å². The molecule has 0 spiro atoms. The lowest BCUT2D eigenvalue weighted by Crippen LogP contribution is -2.36. The van der Waals surface area contributed by atoms with E-state index in [9.17, 15) is 14.0 Å². The summed E-state index contributed by atoms with van der Waals surface area (Å²) < 4.78 is 13.1. The third-order valence-corrected chi connectivity index (χ3v) is 3.97. The van der Waals surface area contributed by atoms with Crippen LogP contribution in [-0.4, -0.2) is 11.8 Å². The molecule has 102 valence electrons. The van der Waals surface area contributed by atoms with Gasteiger partial charge in [-0.3, -0.25) is 9.59 Å². The van der Waals surface area contributed by atoms with Gasteiger partial charge in [-0.05, 0) is 31.0 Å². The van der Waals surface area contributed by atoms with Gasteiger partial charge in [0.2, 0.25) is 11.8 Å². The first-order chi connectivity index (χ1) is 8.77. The summed E-state index contributed by atoms with van der Waals surface area (Å²) in [5.74, 6) is -1.04. The van der Waals surface area contributed by atoms with Crippen LogP contribution in [0.1, 0.15) is 27.2 Å². The third kappa shape index (κ3) is 1.99. The fourth-order valence-electron chi connectivity index (χ4n) is 2.22. The zero-order chi connectivity index (χ0) is 14.4. The van der Waals surface area contributed by atoms with Crippen LogP contribution in [0, 0.1) is 17.2 Å². The number of benzene rings is 1. The first-order valence-corrected chi connectivity index (χ1v) is 6.20. The lowest BCUT2D eigenvalue weighted by molar-refractivity contribution is -0.126. The molecule has 5 heteroatoms. The van der Waals surface area contributed by atoms with Crippen LogP contribution >= 0.6 is 0 Å². The number of nitrogens with zero attached hydrogens (tertiary/aromatic N) is 1. The Hall–Kier alpha value is -1.91.